The van der Waals surface area contributed by atoms with Crippen LogP contribution < -0.4 is 0 Å². The zero-order valence-corrected chi connectivity index (χ0v) is 7.78. The van der Waals surface area contributed by atoms with Crippen molar-refractivity contribution in [2.24, 2.45) is 0 Å². The quantitative estimate of drug-likeness (QED) is 0.731. The van der Waals surface area contributed by atoms with Gasteiger partial charge in [0.2, 0.25) is 0 Å². The van der Waals surface area contributed by atoms with Crippen LogP contribution in [0.5, 0.6) is 0 Å². The number of aryl methyl sites for hydroxylation is 1. The van der Waals surface area contributed by atoms with Crippen molar-refractivity contribution >= 4 is 0 Å². The van der Waals surface area contributed by atoms with Crippen LogP contribution in [0.25, 0.3) is 0 Å². The lowest BCUT2D eigenvalue weighted by Crippen LogP contribution is -2.15. The Labute approximate surface area is 72.2 Å². The average Bonchev–Trinajstić information content (AvgIpc) is 2.35. The highest BCUT2D eigenvalue weighted by atomic mass is 16.3. The second-order valence-electron chi connectivity index (χ2n) is 3.43. The molecular weight excluding hydrogens is 154 g/mol. The molecule has 0 spiro atoms. The highest BCUT2D eigenvalue weighted by Crippen LogP contribution is 2.15. The molecule has 0 aliphatic carbocycles. The monoisotopic (exact) mass is 169 g/mol. The van der Waals surface area contributed by atoms with Crippen LogP contribution in [0.4, 0.5) is 0 Å². The van der Waals surface area contributed by atoms with Crippen molar-refractivity contribution < 1.29 is 5.11 Å². The Hall–Kier alpha value is -0.900. The van der Waals surface area contributed by atoms with E-state index >= 15 is 0 Å². The molecule has 0 atom stereocenters. The molecule has 12 heavy (non-hydrogen) atoms. The summed E-state index contributed by atoms with van der Waals surface area (Å²) in [6.07, 6.45) is 2.80. The molecule has 1 rings (SSSR count). The molecule has 0 saturated carbocycles. The van der Waals surface area contributed by atoms with Gasteiger partial charge in [-0.05, 0) is 20.3 Å². The van der Waals surface area contributed by atoms with Gasteiger partial charge in [-0.15, -0.1) is 5.10 Å². The molecule has 1 heterocycles. The molecule has 68 valence electrons. The first-order valence-corrected chi connectivity index (χ1v) is 4.17. The van der Waals surface area contributed by atoms with E-state index in [1.165, 1.54) is 0 Å². The van der Waals surface area contributed by atoms with Crippen LogP contribution in [0, 0.1) is 0 Å². The van der Waals surface area contributed by atoms with Gasteiger partial charge in [-0.1, -0.05) is 12.1 Å². The van der Waals surface area contributed by atoms with E-state index in [2.05, 4.69) is 17.2 Å². The summed E-state index contributed by atoms with van der Waals surface area (Å²) in [6.45, 7) is 6.33. The van der Waals surface area contributed by atoms with Gasteiger partial charge in [0, 0.05) is 6.54 Å². The van der Waals surface area contributed by atoms with Crippen molar-refractivity contribution in [2.75, 3.05) is 0 Å². The topological polar surface area (TPSA) is 50.9 Å². The third-order valence-electron chi connectivity index (χ3n) is 1.62. The largest absolute Gasteiger partial charge is 0.384 e. The van der Waals surface area contributed by atoms with Crippen molar-refractivity contribution in [2.45, 2.75) is 39.3 Å². The van der Waals surface area contributed by atoms with E-state index in [9.17, 15) is 5.11 Å². The van der Waals surface area contributed by atoms with Crippen molar-refractivity contribution in [1.29, 1.82) is 0 Å². The van der Waals surface area contributed by atoms with Crippen molar-refractivity contribution in [3.63, 3.8) is 0 Å². The molecule has 4 nitrogen and oxygen atoms in total. The van der Waals surface area contributed by atoms with E-state index in [0.717, 1.165) is 13.0 Å². The second kappa shape index (κ2) is 3.23. The van der Waals surface area contributed by atoms with Crippen LogP contribution in [-0.4, -0.2) is 20.1 Å². The second-order valence-corrected chi connectivity index (χ2v) is 3.43. The molecule has 0 fully saturated rings. The van der Waals surface area contributed by atoms with E-state index in [-0.39, 0.29) is 0 Å². The number of hydrogen-bond acceptors (Lipinski definition) is 3. The fraction of sp³-hybridized carbons (Fsp3) is 0.750. The Balaban J connectivity index is 2.77. The molecule has 0 radical (unpaired) electrons. The molecule has 1 aromatic rings. The Morgan fingerprint density at radius 1 is 1.58 bits per heavy atom. The van der Waals surface area contributed by atoms with E-state index in [4.69, 9.17) is 0 Å². The molecule has 1 aromatic heterocycles. The lowest BCUT2D eigenvalue weighted by Gasteiger charge is -2.11. The molecule has 4 heteroatoms. The molecule has 0 amide bonds. The van der Waals surface area contributed by atoms with Crippen LogP contribution in [0.1, 0.15) is 32.9 Å². The lowest BCUT2D eigenvalue weighted by molar-refractivity contribution is 0.0737. The minimum atomic E-state index is -0.883. The van der Waals surface area contributed by atoms with Gasteiger partial charge in [0.1, 0.15) is 11.3 Å². The maximum absolute atomic E-state index is 9.55. The predicted octanol–water partition coefficient (Wildman–Crippen LogP) is 0.915. The molecule has 0 aromatic carbocycles. The highest BCUT2D eigenvalue weighted by Gasteiger charge is 2.19. The molecule has 0 saturated heterocycles. The summed E-state index contributed by atoms with van der Waals surface area (Å²) in [6, 6.07) is 0. The zero-order valence-electron chi connectivity index (χ0n) is 7.78. The van der Waals surface area contributed by atoms with Crippen molar-refractivity contribution in [1.82, 2.24) is 15.0 Å². The third kappa shape index (κ3) is 2.04. The fourth-order valence-electron chi connectivity index (χ4n) is 0.917. The van der Waals surface area contributed by atoms with E-state index in [1.54, 1.807) is 24.7 Å². The maximum atomic E-state index is 9.55. The van der Waals surface area contributed by atoms with Gasteiger partial charge in [0.25, 0.3) is 0 Å². The molecule has 0 unspecified atom stereocenters. The Bertz CT molecular complexity index is 249. The Morgan fingerprint density at radius 3 is 2.67 bits per heavy atom. The van der Waals surface area contributed by atoms with E-state index in [0.29, 0.717) is 5.69 Å². The normalized spacial score (nSPS) is 12.0. The van der Waals surface area contributed by atoms with Crippen LogP contribution in [0.15, 0.2) is 6.20 Å². The maximum Gasteiger partial charge on any atom is 0.114 e. The SMILES string of the molecule is CCCn1cc(C(C)(C)O)nn1. The number of aromatic nitrogens is 3. The predicted molar refractivity (Wildman–Crippen MR) is 45.6 cm³/mol. The van der Waals surface area contributed by atoms with Crippen LogP contribution in [-0.2, 0) is 12.1 Å². The van der Waals surface area contributed by atoms with Gasteiger partial charge in [-0.2, -0.15) is 0 Å². The summed E-state index contributed by atoms with van der Waals surface area (Å²) in [7, 11) is 0. The summed E-state index contributed by atoms with van der Waals surface area (Å²) in [5.74, 6) is 0. The van der Waals surface area contributed by atoms with Gasteiger partial charge in [0.15, 0.2) is 0 Å². The average molecular weight is 169 g/mol. The number of hydrogen-bond donors (Lipinski definition) is 1. The molecule has 0 aliphatic heterocycles. The molecule has 0 bridgehead atoms. The highest BCUT2D eigenvalue weighted by molar-refractivity contribution is 5.02. The standard InChI is InChI=1S/C8H15N3O/c1-4-5-11-6-7(9-10-11)8(2,3)12/h6,12H,4-5H2,1-3H3. The zero-order chi connectivity index (χ0) is 9.19. The van der Waals surface area contributed by atoms with Gasteiger partial charge in [-0.25, -0.2) is 0 Å². The molecular formula is C8H15N3O. The first-order valence-electron chi connectivity index (χ1n) is 4.17. The minimum Gasteiger partial charge on any atom is -0.384 e. The van der Waals surface area contributed by atoms with Gasteiger partial charge < -0.3 is 5.11 Å². The molecule has 1 N–H and O–H groups in total. The Morgan fingerprint density at radius 2 is 2.25 bits per heavy atom. The van der Waals surface area contributed by atoms with Gasteiger partial charge in [0.05, 0.1) is 6.20 Å². The summed E-state index contributed by atoms with van der Waals surface area (Å²) < 4.78 is 1.74. The van der Waals surface area contributed by atoms with E-state index in [1.807, 2.05) is 0 Å². The smallest absolute Gasteiger partial charge is 0.114 e. The van der Waals surface area contributed by atoms with Crippen molar-refractivity contribution in [3.05, 3.63) is 11.9 Å². The van der Waals surface area contributed by atoms with Gasteiger partial charge in [-0.3, -0.25) is 4.68 Å². The van der Waals surface area contributed by atoms with Gasteiger partial charge >= 0.3 is 0 Å². The number of nitrogens with zero attached hydrogens (tertiary/aromatic N) is 3. The summed E-state index contributed by atoms with van der Waals surface area (Å²) >= 11 is 0. The lowest BCUT2D eigenvalue weighted by atomic mass is 10.1. The van der Waals surface area contributed by atoms with Crippen LogP contribution in [0.3, 0.4) is 0 Å². The van der Waals surface area contributed by atoms with Crippen molar-refractivity contribution in [3.8, 4) is 0 Å². The number of rotatable bonds is 3. The van der Waals surface area contributed by atoms with Crippen LogP contribution >= 0.6 is 0 Å². The Kier molecular flexibility index (Phi) is 2.47. The van der Waals surface area contributed by atoms with Crippen LogP contribution in [0.2, 0.25) is 0 Å². The fourth-order valence-corrected chi connectivity index (χ4v) is 0.917. The molecule has 0 aliphatic rings. The van der Waals surface area contributed by atoms with E-state index < -0.39 is 5.60 Å². The third-order valence-corrected chi connectivity index (χ3v) is 1.62. The first-order chi connectivity index (χ1) is 5.54. The summed E-state index contributed by atoms with van der Waals surface area (Å²) in [5.41, 5.74) is -0.262. The summed E-state index contributed by atoms with van der Waals surface area (Å²) in [4.78, 5) is 0. The summed E-state index contributed by atoms with van der Waals surface area (Å²) in [5, 5.41) is 17.3. The minimum absolute atomic E-state index is 0.621. The number of aliphatic hydroxyl groups is 1. The first kappa shape index (κ1) is 9.19.